The molecule has 0 aliphatic heterocycles. The normalized spacial score (nSPS) is 11.1. The van der Waals surface area contributed by atoms with Crippen LogP contribution >= 0.6 is 0 Å². The summed E-state index contributed by atoms with van der Waals surface area (Å²) in [5, 5.41) is 10.9. The zero-order valence-electron chi connectivity index (χ0n) is 9.19. The van der Waals surface area contributed by atoms with Crippen molar-refractivity contribution in [2.45, 2.75) is 6.92 Å². The quantitative estimate of drug-likeness (QED) is 0.670. The van der Waals surface area contributed by atoms with Crippen molar-refractivity contribution in [3.05, 3.63) is 41.7 Å². The van der Waals surface area contributed by atoms with E-state index in [9.17, 15) is 4.79 Å². The van der Waals surface area contributed by atoms with Gasteiger partial charge in [0.1, 0.15) is 5.69 Å². The lowest BCUT2D eigenvalue weighted by atomic mass is 10.1. The summed E-state index contributed by atoms with van der Waals surface area (Å²) in [6.07, 6.45) is 1.74. The second-order valence-electron chi connectivity index (χ2n) is 4.04. The third-order valence-electron chi connectivity index (χ3n) is 2.91. The Kier molecular flexibility index (Phi) is 1.92. The van der Waals surface area contributed by atoms with Crippen LogP contribution in [-0.4, -0.2) is 21.0 Å². The summed E-state index contributed by atoms with van der Waals surface area (Å²) in [7, 11) is 0. The largest absolute Gasteiger partial charge is 0.477 e. The summed E-state index contributed by atoms with van der Waals surface area (Å²) in [6.45, 7) is 1.97. The molecule has 0 bridgehead atoms. The monoisotopic (exact) mass is 226 g/mol. The molecule has 4 heteroatoms. The molecule has 2 heterocycles. The number of fused-ring (bicyclic) bond motifs is 3. The molecule has 2 N–H and O–H groups in total. The highest BCUT2D eigenvalue weighted by Gasteiger charge is 2.11. The van der Waals surface area contributed by atoms with Gasteiger partial charge in [-0.25, -0.2) is 4.79 Å². The van der Waals surface area contributed by atoms with Crippen LogP contribution in [0.25, 0.3) is 21.8 Å². The fourth-order valence-corrected chi connectivity index (χ4v) is 2.14. The van der Waals surface area contributed by atoms with Crippen molar-refractivity contribution in [3.8, 4) is 0 Å². The number of aromatic carboxylic acids is 1. The molecule has 0 spiro atoms. The van der Waals surface area contributed by atoms with E-state index in [0.29, 0.717) is 0 Å². The summed E-state index contributed by atoms with van der Waals surface area (Å²) >= 11 is 0. The number of carboxylic acids is 1. The number of H-pyrrole nitrogens is 1. The Hall–Kier alpha value is -2.36. The molecule has 0 radical (unpaired) electrons. The number of aryl methyl sites for hydroxylation is 1. The first-order valence-electron chi connectivity index (χ1n) is 5.27. The molecule has 3 aromatic rings. The highest BCUT2D eigenvalue weighted by Crippen LogP contribution is 2.27. The number of nitrogens with one attached hydrogen (secondary N) is 1. The van der Waals surface area contributed by atoms with Gasteiger partial charge in [-0.15, -0.1) is 0 Å². The van der Waals surface area contributed by atoms with E-state index in [4.69, 9.17) is 5.11 Å². The highest BCUT2D eigenvalue weighted by molar-refractivity contribution is 6.09. The molecule has 0 fully saturated rings. The third kappa shape index (κ3) is 1.38. The number of rotatable bonds is 1. The molecule has 0 atom stereocenters. The van der Waals surface area contributed by atoms with Gasteiger partial charge in [0.2, 0.25) is 0 Å². The van der Waals surface area contributed by atoms with Crippen LogP contribution in [0.5, 0.6) is 0 Å². The number of carbonyl (C=O) groups is 1. The maximum atomic E-state index is 10.9. The number of benzene rings is 1. The molecule has 0 saturated heterocycles. The number of aromatic nitrogens is 2. The Morgan fingerprint density at radius 1 is 1.35 bits per heavy atom. The summed E-state index contributed by atoms with van der Waals surface area (Å²) in [6, 6.07) is 7.39. The lowest BCUT2D eigenvalue weighted by Gasteiger charge is -2.01. The second kappa shape index (κ2) is 3.31. The minimum atomic E-state index is -0.948. The predicted molar refractivity (Wildman–Crippen MR) is 65.3 cm³/mol. The van der Waals surface area contributed by atoms with E-state index in [1.165, 1.54) is 0 Å². The van der Waals surface area contributed by atoms with Gasteiger partial charge >= 0.3 is 5.97 Å². The van der Waals surface area contributed by atoms with Crippen molar-refractivity contribution in [1.82, 2.24) is 9.97 Å². The summed E-state index contributed by atoms with van der Waals surface area (Å²) < 4.78 is 0. The summed E-state index contributed by atoms with van der Waals surface area (Å²) in [5.74, 6) is -0.948. The highest BCUT2D eigenvalue weighted by atomic mass is 16.4. The van der Waals surface area contributed by atoms with Crippen LogP contribution in [0.1, 0.15) is 16.1 Å². The van der Waals surface area contributed by atoms with Crippen molar-refractivity contribution in [2.24, 2.45) is 0 Å². The molecule has 1 aromatic carbocycles. The van der Waals surface area contributed by atoms with Gasteiger partial charge in [0.05, 0.1) is 5.52 Å². The van der Waals surface area contributed by atoms with Crippen molar-refractivity contribution in [1.29, 1.82) is 0 Å². The fraction of sp³-hybridized carbons (Fsp3) is 0.0769. The van der Waals surface area contributed by atoms with Gasteiger partial charge < -0.3 is 10.1 Å². The number of carboxylic acid groups (broad SMARTS) is 1. The number of pyridine rings is 1. The lowest BCUT2D eigenvalue weighted by Crippen LogP contribution is -1.94. The minimum Gasteiger partial charge on any atom is -0.477 e. The first-order valence-corrected chi connectivity index (χ1v) is 5.27. The Labute approximate surface area is 96.9 Å². The van der Waals surface area contributed by atoms with Gasteiger partial charge in [-0.2, -0.15) is 0 Å². The van der Waals surface area contributed by atoms with Crippen LogP contribution in [0.4, 0.5) is 0 Å². The topological polar surface area (TPSA) is 66.0 Å². The number of nitrogens with zero attached hydrogens (tertiary/aromatic N) is 1. The maximum absolute atomic E-state index is 10.9. The Morgan fingerprint density at radius 3 is 2.94 bits per heavy atom. The van der Waals surface area contributed by atoms with Crippen LogP contribution < -0.4 is 0 Å². The molecule has 0 aliphatic carbocycles. The summed E-state index contributed by atoms with van der Waals surface area (Å²) in [5.41, 5.74) is 2.99. The minimum absolute atomic E-state index is 0.204. The van der Waals surface area contributed by atoms with Crippen LogP contribution in [0.15, 0.2) is 30.5 Å². The molecule has 0 saturated carbocycles. The van der Waals surface area contributed by atoms with Crippen LogP contribution in [-0.2, 0) is 0 Å². The van der Waals surface area contributed by atoms with E-state index in [1.807, 2.05) is 25.1 Å². The standard InChI is InChI=1S/C13H10N2O2/c1-7-5-10-9(6-11(15-10)13(16)17)8-3-2-4-14-12(7)8/h2-6,15H,1H3,(H,16,17). The van der Waals surface area contributed by atoms with Crippen molar-refractivity contribution < 1.29 is 9.90 Å². The van der Waals surface area contributed by atoms with Gasteiger partial charge in [-0.1, -0.05) is 6.07 Å². The molecule has 84 valence electrons. The van der Waals surface area contributed by atoms with Gasteiger partial charge in [0, 0.05) is 22.5 Å². The zero-order valence-corrected chi connectivity index (χ0v) is 9.19. The third-order valence-corrected chi connectivity index (χ3v) is 2.91. The Bertz CT molecular complexity index is 744. The zero-order chi connectivity index (χ0) is 12.0. The Morgan fingerprint density at radius 2 is 2.18 bits per heavy atom. The Balaban J connectivity index is 2.50. The second-order valence-corrected chi connectivity index (χ2v) is 4.04. The number of aromatic amines is 1. The smallest absolute Gasteiger partial charge is 0.352 e. The molecule has 4 nitrogen and oxygen atoms in total. The molecule has 0 aliphatic rings. The van der Waals surface area contributed by atoms with E-state index >= 15 is 0 Å². The molecular weight excluding hydrogens is 216 g/mol. The van der Waals surface area contributed by atoms with Crippen molar-refractivity contribution >= 4 is 27.8 Å². The van der Waals surface area contributed by atoms with Gasteiger partial charge in [0.25, 0.3) is 0 Å². The van der Waals surface area contributed by atoms with Gasteiger partial charge in [-0.3, -0.25) is 4.98 Å². The van der Waals surface area contributed by atoms with Crippen LogP contribution in [0.3, 0.4) is 0 Å². The average Bonchev–Trinajstić information content (AvgIpc) is 2.73. The fourth-order valence-electron chi connectivity index (χ4n) is 2.14. The van der Waals surface area contributed by atoms with Crippen LogP contribution in [0.2, 0.25) is 0 Å². The van der Waals surface area contributed by atoms with E-state index < -0.39 is 5.97 Å². The molecular formula is C13H10N2O2. The molecule has 3 rings (SSSR count). The van der Waals surface area contributed by atoms with Gasteiger partial charge in [0.15, 0.2) is 0 Å². The molecule has 2 aromatic heterocycles. The first-order chi connectivity index (χ1) is 8.16. The van der Waals surface area contributed by atoms with E-state index in [2.05, 4.69) is 9.97 Å². The van der Waals surface area contributed by atoms with Crippen LogP contribution in [0, 0.1) is 6.92 Å². The maximum Gasteiger partial charge on any atom is 0.352 e. The molecule has 17 heavy (non-hydrogen) atoms. The molecule has 0 unspecified atom stereocenters. The van der Waals surface area contributed by atoms with Crippen molar-refractivity contribution in [2.75, 3.05) is 0 Å². The van der Waals surface area contributed by atoms with E-state index in [-0.39, 0.29) is 5.69 Å². The molecule has 0 amide bonds. The van der Waals surface area contributed by atoms with E-state index in [0.717, 1.165) is 27.4 Å². The number of hydrogen-bond donors (Lipinski definition) is 2. The summed E-state index contributed by atoms with van der Waals surface area (Å²) in [4.78, 5) is 18.2. The number of hydrogen-bond acceptors (Lipinski definition) is 2. The van der Waals surface area contributed by atoms with Gasteiger partial charge in [-0.05, 0) is 30.7 Å². The average molecular weight is 226 g/mol. The predicted octanol–water partition coefficient (Wildman–Crippen LogP) is 2.72. The SMILES string of the molecule is Cc1cc2[nH]c(C(=O)O)cc2c2cccnc12. The first kappa shape index (κ1) is 9.84. The van der Waals surface area contributed by atoms with Crippen molar-refractivity contribution in [3.63, 3.8) is 0 Å². The lowest BCUT2D eigenvalue weighted by molar-refractivity contribution is 0.0691. The van der Waals surface area contributed by atoms with E-state index in [1.54, 1.807) is 12.3 Å².